The third kappa shape index (κ3) is 1.87. The van der Waals surface area contributed by atoms with Gasteiger partial charge in [-0.2, -0.15) is 0 Å². The summed E-state index contributed by atoms with van der Waals surface area (Å²) in [5.41, 5.74) is 1.12. The highest BCUT2D eigenvalue weighted by molar-refractivity contribution is 5.48. The van der Waals surface area contributed by atoms with Gasteiger partial charge in [0.1, 0.15) is 0 Å². The fraction of sp³-hybridized carbons (Fsp3) is 0.538. The molecule has 1 heterocycles. The summed E-state index contributed by atoms with van der Waals surface area (Å²) in [6, 6.07) is 6.01. The van der Waals surface area contributed by atoms with Gasteiger partial charge in [0.2, 0.25) is 0 Å². The maximum atomic E-state index is 9.76. The van der Waals surface area contributed by atoms with E-state index in [4.69, 9.17) is 4.74 Å². The summed E-state index contributed by atoms with van der Waals surface area (Å²) in [6.07, 6.45) is 0.998. The Morgan fingerprint density at radius 1 is 1.38 bits per heavy atom. The average Bonchev–Trinajstić information content (AvgIpc) is 2.32. The molecule has 1 aromatic carbocycles. The number of aromatic hydroxyl groups is 1. The highest BCUT2D eigenvalue weighted by Crippen LogP contribution is 2.40. The molecule has 0 saturated carbocycles. The van der Waals surface area contributed by atoms with Gasteiger partial charge in [-0.25, -0.2) is 0 Å². The predicted octanol–water partition coefficient (Wildman–Crippen LogP) is 2.56. The molecule has 0 fully saturated rings. The molecule has 1 aromatic rings. The highest BCUT2D eigenvalue weighted by atomic mass is 16.5. The molecular weight excluding hydrogens is 202 g/mol. The molecule has 1 aliphatic heterocycles. The number of fused-ring (bicyclic) bond motifs is 1. The van der Waals surface area contributed by atoms with Crippen molar-refractivity contribution in [3.63, 3.8) is 0 Å². The van der Waals surface area contributed by atoms with Gasteiger partial charge in [0.15, 0.2) is 11.5 Å². The zero-order valence-electron chi connectivity index (χ0n) is 9.94. The monoisotopic (exact) mass is 221 g/mol. The van der Waals surface area contributed by atoms with Crippen molar-refractivity contribution in [2.24, 2.45) is 0 Å². The Bertz CT molecular complexity index is 361. The number of phenolic OH excluding ortho intramolecular Hbond substituents is 1. The molecule has 1 unspecified atom stereocenters. The summed E-state index contributed by atoms with van der Waals surface area (Å²) < 4.78 is 5.55. The van der Waals surface area contributed by atoms with Gasteiger partial charge in [-0.3, -0.25) is 4.90 Å². The molecule has 0 saturated heterocycles. The maximum Gasteiger partial charge on any atom is 0.165 e. The van der Waals surface area contributed by atoms with E-state index in [1.807, 2.05) is 6.07 Å². The normalized spacial score (nSPS) is 19.3. The smallest absolute Gasteiger partial charge is 0.165 e. The maximum absolute atomic E-state index is 9.76. The number of hydrogen-bond donors (Lipinski definition) is 1. The second kappa shape index (κ2) is 4.74. The third-order valence-electron chi connectivity index (χ3n) is 3.27. The molecule has 1 atom stereocenters. The van der Waals surface area contributed by atoms with Crippen molar-refractivity contribution in [1.82, 2.24) is 4.90 Å². The number of para-hydroxylation sites is 1. The van der Waals surface area contributed by atoms with Gasteiger partial charge in [0.25, 0.3) is 0 Å². The van der Waals surface area contributed by atoms with E-state index in [1.165, 1.54) is 0 Å². The summed E-state index contributed by atoms with van der Waals surface area (Å²) in [7, 11) is 0. The Balaban J connectivity index is 2.36. The van der Waals surface area contributed by atoms with Crippen molar-refractivity contribution in [3.05, 3.63) is 23.8 Å². The average molecular weight is 221 g/mol. The number of hydrogen-bond acceptors (Lipinski definition) is 3. The van der Waals surface area contributed by atoms with Crippen LogP contribution in [0.4, 0.5) is 0 Å². The lowest BCUT2D eigenvalue weighted by molar-refractivity contribution is 0.148. The molecule has 3 heteroatoms. The second-order valence-electron chi connectivity index (χ2n) is 4.07. The molecule has 0 aliphatic carbocycles. The summed E-state index contributed by atoms with van der Waals surface area (Å²) >= 11 is 0. The van der Waals surface area contributed by atoms with Crippen LogP contribution in [0.25, 0.3) is 0 Å². The van der Waals surface area contributed by atoms with Crippen LogP contribution in [0.2, 0.25) is 0 Å². The molecule has 16 heavy (non-hydrogen) atoms. The number of ether oxygens (including phenoxy) is 1. The first-order chi connectivity index (χ1) is 7.77. The van der Waals surface area contributed by atoms with Gasteiger partial charge < -0.3 is 9.84 Å². The summed E-state index contributed by atoms with van der Waals surface area (Å²) in [5, 5.41) is 9.76. The zero-order valence-corrected chi connectivity index (χ0v) is 9.94. The van der Waals surface area contributed by atoms with Crippen LogP contribution in [0.3, 0.4) is 0 Å². The molecule has 2 rings (SSSR count). The first-order valence-electron chi connectivity index (χ1n) is 5.96. The molecular formula is C13H19NO2. The minimum absolute atomic E-state index is 0.259. The van der Waals surface area contributed by atoms with Crippen LogP contribution in [0.1, 0.15) is 31.9 Å². The Hall–Kier alpha value is -1.22. The first kappa shape index (κ1) is 11.3. The van der Waals surface area contributed by atoms with Crippen molar-refractivity contribution in [2.45, 2.75) is 26.3 Å². The molecule has 0 amide bonds. The van der Waals surface area contributed by atoms with E-state index in [9.17, 15) is 5.11 Å². The second-order valence-corrected chi connectivity index (χ2v) is 4.07. The summed E-state index contributed by atoms with van der Waals surface area (Å²) in [4.78, 5) is 2.40. The van der Waals surface area contributed by atoms with E-state index in [2.05, 4.69) is 24.8 Å². The van der Waals surface area contributed by atoms with Gasteiger partial charge in [-0.05, 0) is 19.2 Å². The van der Waals surface area contributed by atoms with Crippen LogP contribution in [-0.4, -0.2) is 29.7 Å². The predicted molar refractivity (Wildman–Crippen MR) is 63.9 cm³/mol. The van der Waals surface area contributed by atoms with Gasteiger partial charge in [0.05, 0.1) is 6.61 Å². The minimum atomic E-state index is 0.259. The van der Waals surface area contributed by atoms with Crippen LogP contribution < -0.4 is 4.74 Å². The molecule has 0 aromatic heterocycles. The van der Waals surface area contributed by atoms with E-state index in [-0.39, 0.29) is 5.75 Å². The van der Waals surface area contributed by atoms with Crippen LogP contribution in [-0.2, 0) is 0 Å². The summed E-state index contributed by atoms with van der Waals surface area (Å²) in [6.45, 7) is 7.07. The standard InChI is InChI=1S/C13H19NO2/c1-3-14(4-2)11-8-9-16-13-10(11)6-5-7-12(13)15/h5-7,11,15H,3-4,8-9H2,1-2H3. The van der Waals surface area contributed by atoms with Crippen molar-refractivity contribution >= 4 is 0 Å². The largest absolute Gasteiger partial charge is 0.504 e. The number of benzene rings is 1. The van der Waals surface area contributed by atoms with Gasteiger partial charge in [-0.15, -0.1) is 0 Å². The van der Waals surface area contributed by atoms with E-state index in [0.717, 1.165) is 25.1 Å². The number of phenols is 1. The third-order valence-corrected chi connectivity index (χ3v) is 3.27. The van der Waals surface area contributed by atoms with Crippen molar-refractivity contribution in [3.8, 4) is 11.5 Å². The fourth-order valence-corrected chi connectivity index (χ4v) is 2.43. The van der Waals surface area contributed by atoms with E-state index < -0.39 is 0 Å². The molecule has 0 spiro atoms. The molecule has 1 aliphatic rings. The van der Waals surface area contributed by atoms with Gasteiger partial charge in [0, 0.05) is 18.0 Å². The highest BCUT2D eigenvalue weighted by Gasteiger charge is 2.26. The Kier molecular flexibility index (Phi) is 3.34. The molecule has 0 radical (unpaired) electrons. The molecule has 1 N–H and O–H groups in total. The lowest BCUT2D eigenvalue weighted by Crippen LogP contribution is -2.32. The fourth-order valence-electron chi connectivity index (χ4n) is 2.43. The van der Waals surface area contributed by atoms with Gasteiger partial charge >= 0.3 is 0 Å². The zero-order chi connectivity index (χ0) is 11.5. The molecule has 88 valence electrons. The van der Waals surface area contributed by atoms with E-state index >= 15 is 0 Å². The van der Waals surface area contributed by atoms with Crippen LogP contribution in [0, 0.1) is 0 Å². The molecule has 0 bridgehead atoms. The van der Waals surface area contributed by atoms with Crippen molar-refractivity contribution < 1.29 is 9.84 Å². The minimum Gasteiger partial charge on any atom is -0.504 e. The topological polar surface area (TPSA) is 32.7 Å². The Morgan fingerprint density at radius 3 is 2.81 bits per heavy atom. The van der Waals surface area contributed by atoms with Crippen LogP contribution >= 0.6 is 0 Å². The summed E-state index contributed by atoms with van der Waals surface area (Å²) in [5.74, 6) is 0.931. The molecule has 3 nitrogen and oxygen atoms in total. The van der Waals surface area contributed by atoms with Gasteiger partial charge in [-0.1, -0.05) is 26.0 Å². The Morgan fingerprint density at radius 2 is 2.12 bits per heavy atom. The first-order valence-corrected chi connectivity index (χ1v) is 5.96. The van der Waals surface area contributed by atoms with Crippen LogP contribution in [0.5, 0.6) is 11.5 Å². The van der Waals surface area contributed by atoms with Crippen molar-refractivity contribution in [2.75, 3.05) is 19.7 Å². The Labute approximate surface area is 96.6 Å². The van der Waals surface area contributed by atoms with Crippen LogP contribution in [0.15, 0.2) is 18.2 Å². The quantitative estimate of drug-likeness (QED) is 0.851. The lowest BCUT2D eigenvalue weighted by atomic mass is 9.98. The number of nitrogens with zero attached hydrogens (tertiary/aromatic N) is 1. The SMILES string of the molecule is CCN(CC)C1CCOc2c(O)cccc21. The number of rotatable bonds is 3. The van der Waals surface area contributed by atoms with Crippen molar-refractivity contribution in [1.29, 1.82) is 0 Å². The van der Waals surface area contributed by atoms with E-state index in [0.29, 0.717) is 18.4 Å². The lowest BCUT2D eigenvalue weighted by Gasteiger charge is -2.34. The van der Waals surface area contributed by atoms with E-state index in [1.54, 1.807) is 6.07 Å².